The number of carbonyl (C=O) groups is 8. The lowest BCUT2D eigenvalue weighted by Crippen LogP contribution is -2.54. The average Bonchev–Trinajstić information content (AvgIpc) is 1.62. The summed E-state index contributed by atoms with van der Waals surface area (Å²) in [5, 5.41) is 42.4. The number of rotatable bonds is 22. The number of benzene rings is 3. The van der Waals surface area contributed by atoms with Crippen molar-refractivity contribution in [2.45, 2.75) is 206 Å². The van der Waals surface area contributed by atoms with Gasteiger partial charge in [-0.2, -0.15) is 15.3 Å². The smallest absolute Gasteiger partial charge is 0.408 e. The number of piperidine rings is 3. The van der Waals surface area contributed by atoms with Gasteiger partial charge in [0.25, 0.3) is 29.5 Å². The van der Waals surface area contributed by atoms with E-state index < -0.39 is 63.7 Å². The number of primary amides is 3. The molecule has 3 aliphatic rings. The van der Waals surface area contributed by atoms with Crippen LogP contribution >= 0.6 is 0 Å². The normalized spacial score (nSPS) is 17.3. The molecule has 3 aliphatic heterocycles. The van der Waals surface area contributed by atoms with Gasteiger partial charge in [-0.15, -0.1) is 0 Å². The minimum Gasteiger partial charge on any atom is -0.478 e. The van der Waals surface area contributed by atoms with Crippen molar-refractivity contribution in [2.75, 3.05) is 50.3 Å². The van der Waals surface area contributed by atoms with E-state index in [0.29, 0.717) is 58.0 Å². The summed E-state index contributed by atoms with van der Waals surface area (Å²) in [6.45, 7) is 30.5. The van der Waals surface area contributed by atoms with Crippen LogP contribution in [0.25, 0.3) is 0 Å². The predicted octanol–water partition coefficient (Wildman–Crippen LogP) is 9.15. The molecule has 0 aliphatic carbocycles. The summed E-state index contributed by atoms with van der Waals surface area (Å²) in [7, 11) is 5.38. The molecule has 18 N–H and O–H groups in total. The summed E-state index contributed by atoms with van der Waals surface area (Å²) in [6.07, 6.45) is 19.1. The second-order valence-corrected chi connectivity index (χ2v) is 34.3. The number of carboxylic acids is 1. The van der Waals surface area contributed by atoms with Gasteiger partial charge in [-0.1, -0.05) is 36.4 Å². The Morgan fingerprint density at radius 1 is 0.431 bits per heavy atom. The van der Waals surface area contributed by atoms with Gasteiger partial charge in [0, 0.05) is 112 Å². The lowest BCUT2D eigenvalue weighted by molar-refractivity contribution is 0.0457. The van der Waals surface area contributed by atoms with Crippen LogP contribution in [0.5, 0.6) is 0 Å². The molecule has 0 bridgehead atoms. The number of anilines is 9. The van der Waals surface area contributed by atoms with Gasteiger partial charge >= 0.3 is 18.2 Å². The van der Waals surface area contributed by atoms with Crippen LogP contribution in [0.15, 0.2) is 129 Å². The number of nitrogens with zero attached hydrogens (tertiary/aromatic N) is 15. The standard InChI is InChI=1S/C30H41N9O4.C25H33N9O2.C15H22N8O.C15H21NO4/c1-18-22(35-27(41)19-10-12-20(13-11-19)30(5,6)37-28(42)43-29(2,3)4)9-8-14-39(18)23-16-32-24(25(31)40)26(36-23)34-21-15-33-38(7)17-21;1-15-19(31-24(36)16-7-9-17(10-8-16)25(2,3)27)6-5-11-34(15)20-13-28-21(22(26)35)23(32-20)30-18-12-29-33(4)14-18;1-9-11(16)4-3-5-23(9)12-7-18-13(14(17)24)15(21-12)20-10-6-19-22(2)8-10;1-14(2,3)20-13(19)16-15(4,5)11-8-6-10(7-9-11)12(17)18/h10-13,15-18,22H,8-9,14H2,1-7H3,(H2,31,40)(H,34,36)(H,35,41)(H,37,42);7-10,12-15,19H,5-6,11,27H2,1-4H3,(H2,26,35)(H,30,32)(H,31,36);6-9,11H,3-5,16H2,1-2H3,(H2,17,24)(H,20,21);6-9H,1-5H3,(H,16,19)(H,17,18)/t18-,22-;15-,19-;9-,11-;/m111./s1. The van der Waals surface area contributed by atoms with Crippen molar-refractivity contribution < 1.29 is 52.9 Å². The van der Waals surface area contributed by atoms with Crippen LogP contribution in [0.3, 0.4) is 0 Å². The molecule has 12 rings (SSSR count). The quantitative estimate of drug-likeness (QED) is 0.0300. The summed E-state index contributed by atoms with van der Waals surface area (Å²) in [6, 6.07) is 20.8. The average molecular weight is 1690 g/mol. The van der Waals surface area contributed by atoms with E-state index in [2.05, 4.69) is 104 Å². The number of alkyl carbamates (subject to hydrolysis) is 2. The first-order chi connectivity index (χ1) is 57.6. The molecule has 123 heavy (non-hydrogen) atoms. The number of hydrogen-bond acceptors (Lipinski definition) is 27. The van der Waals surface area contributed by atoms with Crippen molar-refractivity contribution in [2.24, 2.45) is 49.8 Å². The molecule has 0 spiro atoms. The fraction of sp³-hybridized carbons (Fsp3) is 0.447. The third-order valence-corrected chi connectivity index (χ3v) is 20.7. The number of carboxylic acid groups (broad SMARTS) is 1. The Hall–Kier alpha value is -13.4. The van der Waals surface area contributed by atoms with E-state index in [9.17, 15) is 38.4 Å². The van der Waals surface area contributed by atoms with Gasteiger partial charge < -0.3 is 95.2 Å². The SMILES string of the molecule is CC(C)(C)OC(=O)NC(C)(C)c1ccc(C(=O)O)cc1.C[C@@H]1[C@H](N)CCCN1c1cnc(C(N)=O)c(Nc2cnn(C)c2)n1.C[C@@H]1[C@H](NC(=O)c2ccc(C(C)(C)N)cc2)CCCN1c1cnc(C(N)=O)c(Nc2cnn(C)c2)n1.C[C@@H]1[C@H](NC(=O)c2ccc(C(C)(C)NC(=O)OC(C)(C)C)cc2)CCCN1c1cnc(C(N)=O)c(Nc2cnn(C)c2)n1. The van der Waals surface area contributed by atoms with Crippen LogP contribution in [0.1, 0.15) is 222 Å². The summed E-state index contributed by atoms with van der Waals surface area (Å²) >= 11 is 0. The summed E-state index contributed by atoms with van der Waals surface area (Å²) in [4.78, 5) is 130. The number of aryl methyl sites for hydroxylation is 3. The Balaban J connectivity index is 0.000000194. The van der Waals surface area contributed by atoms with Crippen molar-refractivity contribution in [3.63, 3.8) is 0 Å². The minimum atomic E-state index is -0.977. The van der Waals surface area contributed by atoms with Gasteiger partial charge in [-0.05, 0) is 195 Å². The van der Waals surface area contributed by atoms with E-state index in [-0.39, 0.29) is 82.3 Å². The molecule has 0 saturated carbocycles. The molecule has 0 unspecified atom stereocenters. The molecule has 7 amide bonds. The Morgan fingerprint density at radius 2 is 0.732 bits per heavy atom. The monoisotopic (exact) mass is 1690 g/mol. The largest absolute Gasteiger partial charge is 0.478 e. The Bertz CT molecular complexity index is 5200. The summed E-state index contributed by atoms with van der Waals surface area (Å²) in [5.41, 5.74) is 31.9. The Morgan fingerprint density at radius 3 is 1.02 bits per heavy atom. The van der Waals surface area contributed by atoms with Crippen LogP contribution in [-0.2, 0) is 47.2 Å². The third-order valence-electron chi connectivity index (χ3n) is 20.7. The molecule has 3 aromatic carbocycles. The fourth-order valence-electron chi connectivity index (χ4n) is 13.9. The second-order valence-electron chi connectivity index (χ2n) is 34.3. The number of aromatic carboxylic acids is 1. The van der Waals surface area contributed by atoms with Crippen molar-refractivity contribution >= 4 is 99.7 Å². The van der Waals surface area contributed by atoms with Crippen LogP contribution in [0.4, 0.5) is 61.6 Å². The molecule has 9 aromatic rings. The highest BCUT2D eigenvalue weighted by atomic mass is 16.6. The van der Waals surface area contributed by atoms with Crippen molar-refractivity contribution in [1.29, 1.82) is 0 Å². The first-order valence-corrected chi connectivity index (χ1v) is 40.4. The summed E-state index contributed by atoms with van der Waals surface area (Å²) < 4.78 is 15.5. The fourth-order valence-corrected chi connectivity index (χ4v) is 13.9. The Labute approximate surface area is 715 Å². The highest BCUT2D eigenvalue weighted by Gasteiger charge is 2.36. The van der Waals surface area contributed by atoms with Crippen LogP contribution in [-0.4, -0.2) is 179 Å². The zero-order chi connectivity index (χ0) is 90.4. The Kier molecular flexibility index (Phi) is 30.0. The van der Waals surface area contributed by atoms with Crippen LogP contribution in [0, 0.1) is 0 Å². The van der Waals surface area contributed by atoms with Crippen molar-refractivity contribution in [1.82, 2.24) is 80.5 Å². The molecule has 38 heteroatoms. The maximum atomic E-state index is 13.3. The van der Waals surface area contributed by atoms with Crippen LogP contribution in [0.2, 0.25) is 0 Å². The number of aromatic nitrogens is 12. The molecular weight excluding hydrogens is 1580 g/mol. The van der Waals surface area contributed by atoms with E-state index in [1.807, 2.05) is 100 Å². The van der Waals surface area contributed by atoms with E-state index in [0.717, 1.165) is 68.3 Å². The van der Waals surface area contributed by atoms with E-state index in [1.165, 1.54) is 18.3 Å². The zero-order valence-electron chi connectivity index (χ0n) is 73.1. The molecule has 0 radical (unpaired) electrons. The van der Waals surface area contributed by atoms with Gasteiger partial charge in [-0.25, -0.2) is 44.3 Å². The first kappa shape index (κ1) is 93.5. The van der Waals surface area contributed by atoms with Gasteiger partial charge in [-0.3, -0.25) is 38.0 Å². The zero-order valence-corrected chi connectivity index (χ0v) is 73.1. The van der Waals surface area contributed by atoms with Gasteiger partial charge in [0.05, 0.1) is 70.9 Å². The molecule has 3 saturated heterocycles. The number of hydrogen-bond donors (Lipinski definition) is 13. The lowest BCUT2D eigenvalue weighted by atomic mass is 9.93. The first-order valence-electron chi connectivity index (χ1n) is 40.4. The number of amides is 7. The van der Waals surface area contributed by atoms with Crippen molar-refractivity contribution in [3.05, 3.63) is 179 Å². The molecule has 6 atom stereocenters. The highest BCUT2D eigenvalue weighted by molar-refractivity contribution is 5.99. The number of ether oxygens (including phenoxy) is 2. The molecule has 3 fully saturated rings. The van der Waals surface area contributed by atoms with Crippen LogP contribution < -0.4 is 80.6 Å². The predicted molar refractivity (Wildman–Crippen MR) is 468 cm³/mol. The third kappa shape index (κ3) is 25.8. The molecule has 38 nitrogen and oxygen atoms in total. The number of carbonyl (C=O) groups excluding carboxylic acids is 7. The topological polar surface area (TPSA) is 530 Å². The molecule has 9 heterocycles. The molecule has 658 valence electrons. The van der Waals surface area contributed by atoms with E-state index >= 15 is 0 Å². The van der Waals surface area contributed by atoms with Gasteiger partial charge in [0.15, 0.2) is 34.5 Å². The highest BCUT2D eigenvalue weighted by Crippen LogP contribution is 2.33. The van der Waals surface area contributed by atoms with Gasteiger partial charge in [0.2, 0.25) is 0 Å². The van der Waals surface area contributed by atoms with Gasteiger partial charge in [0.1, 0.15) is 28.7 Å². The maximum absolute atomic E-state index is 13.3. The number of nitrogens with two attached hydrogens (primary N) is 5. The molecular formula is C85H117N27O11. The summed E-state index contributed by atoms with van der Waals surface area (Å²) in [5.74, 6) is -0.680. The van der Waals surface area contributed by atoms with E-state index in [1.54, 1.807) is 142 Å². The second kappa shape index (κ2) is 39.4. The van der Waals surface area contributed by atoms with E-state index in [4.69, 9.17) is 43.2 Å². The lowest BCUT2D eigenvalue weighted by Gasteiger charge is -2.40. The maximum Gasteiger partial charge on any atom is 0.408 e. The molecule has 6 aromatic heterocycles. The minimum absolute atomic E-state index is 0.0232. The van der Waals surface area contributed by atoms with Crippen molar-refractivity contribution in [3.8, 4) is 0 Å². The number of nitrogens with one attached hydrogen (secondary N) is 7.